The summed E-state index contributed by atoms with van der Waals surface area (Å²) in [6.45, 7) is 7.25. The second-order valence-corrected chi connectivity index (χ2v) is 5.68. The van der Waals surface area contributed by atoms with Crippen molar-refractivity contribution in [3.8, 4) is 0 Å². The summed E-state index contributed by atoms with van der Waals surface area (Å²) in [5.41, 5.74) is 5.43. The predicted octanol–water partition coefficient (Wildman–Crippen LogP) is 5.38. The molecule has 1 heterocycles. The van der Waals surface area contributed by atoms with Gasteiger partial charge in [-0.15, -0.1) is 0 Å². The van der Waals surface area contributed by atoms with Gasteiger partial charge in [0.25, 0.3) is 0 Å². The predicted molar refractivity (Wildman–Crippen MR) is 91.8 cm³/mol. The van der Waals surface area contributed by atoms with Crippen LogP contribution < -0.4 is 4.90 Å². The van der Waals surface area contributed by atoms with Crippen molar-refractivity contribution in [1.29, 1.82) is 0 Å². The van der Waals surface area contributed by atoms with E-state index in [0.29, 0.717) is 5.89 Å². The fraction of sp³-hybridized carbons (Fsp3) is 0.316. The molecule has 0 bridgehead atoms. The van der Waals surface area contributed by atoms with Gasteiger partial charge < -0.3 is 9.32 Å². The first-order valence-corrected chi connectivity index (χ1v) is 7.89. The molecular weight excluding hydrogens is 272 g/mol. The lowest BCUT2D eigenvalue weighted by atomic mass is 10.1. The summed E-state index contributed by atoms with van der Waals surface area (Å²) in [5, 5.41) is 0. The van der Waals surface area contributed by atoms with E-state index in [-0.39, 0.29) is 0 Å². The number of unbranched alkanes of at least 4 members (excludes halogenated alkanes) is 1. The molecule has 0 amide bonds. The van der Waals surface area contributed by atoms with Gasteiger partial charge in [-0.25, -0.2) is 4.98 Å². The number of nitrogens with zero attached hydrogens (tertiary/aromatic N) is 2. The molecule has 2 aromatic carbocycles. The topological polar surface area (TPSA) is 29.3 Å². The van der Waals surface area contributed by atoms with Crippen molar-refractivity contribution in [3.63, 3.8) is 0 Å². The minimum atomic E-state index is 0.714. The van der Waals surface area contributed by atoms with E-state index < -0.39 is 0 Å². The number of fused-ring (bicyclic) bond motifs is 1. The fourth-order valence-corrected chi connectivity index (χ4v) is 2.78. The average Bonchev–Trinajstić information content (AvgIpc) is 2.88. The maximum atomic E-state index is 5.64. The number of rotatable bonds is 5. The van der Waals surface area contributed by atoms with Crippen molar-refractivity contribution in [2.45, 2.75) is 33.6 Å². The van der Waals surface area contributed by atoms with Crippen molar-refractivity contribution in [3.05, 3.63) is 53.9 Å². The maximum absolute atomic E-state index is 5.64. The van der Waals surface area contributed by atoms with Gasteiger partial charge in [-0.05, 0) is 43.2 Å². The Hall–Kier alpha value is -2.29. The van der Waals surface area contributed by atoms with Crippen molar-refractivity contribution in [2.75, 3.05) is 11.4 Å². The van der Waals surface area contributed by atoms with Gasteiger partial charge >= 0.3 is 0 Å². The molecule has 0 fully saturated rings. The molecule has 3 nitrogen and oxygen atoms in total. The van der Waals surface area contributed by atoms with Crippen molar-refractivity contribution in [2.24, 2.45) is 0 Å². The third-order valence-corrected chi connectivity index (χ3v) is 3.91. The van der Waals surface area contributed by atoms with Crippen LogP contribution >= 0.6 is 0 Å². The Bertz CT molecular complexity index is 762. The van der Waals surface area contributed by atoms with E-state index in [9.17, 15) is 0 Å². The number of aryl methyl sites for hydroxylation is 2. The molecule has 0 aliphatic heterocycles. The Balaban J connectivity index is 2.08. The van der Waals surface area contributed by atoms with E-state index in [1.807, 2.05) is 6.92 Å². The van der Waals surface area contributed by atoms with Gasteiger partial charge in [0.1, 0.15) is 5.52 Å². The largest absolute Gasteiger partial charge is 0.441 e. The number of benzene rings is 2. The van der Waals surface area contributed by atoms with E-state index in [1.54, 1.807) is 0 Å². The first-order valence-electron chi connectivity index (χ1n) is 7.89. The summed E-state index contributed by atoms with van der Waals surface area (Å²) in [6.07, 6.45) is 2.33. The molecule has 0 spiro atoms. The molecule has 114 valence electrons. The number of hydrogen-bond acceptors (Lipinski definition) is 3. The minimum absolute atomic E-state index is 0.714. The van der Waals surface area contributed by atoms with Gasteiger partial charge in [0.2, 0.25) is 0 Å². The lowest BCUT2D eigenvalue weighted by Gasteiger charge is -2.26. The molecule has 3 aromatic rings. The zero-order chi connectivity index (χ0) is 15.5. The van der Waals surface area contributed by atoms with Crippen LogP contribution in [0.15, 0.2) is 46.9 Å². The maximum Gasteiger partial charge on any atom is 0.192 e. The summed E-state index contributed by atoms with van der Waals surface area (Å²) in [6, 6.07) is 14.8. The number of para-hydroxylation sites is 1. The molecule has 0 saturated carbocycles. The molecule has 0 radical (unpaired) electrons. The summed E-state index contributed by atoms with van der Waals surface area (Å²) < 4.78 is 5.64. The van der Waals surface area contributed by atoms with Crippen LogP contribution in [0.3, 0.4) is 0 Å². The second kappa shape index (κ2) is 6.22. The summed E-state index contributed by atoms with van der Waals surface area (Å²) >= 11 is 0. The zero-order valence-corrected chi connectivity index (χ0v) is 13.5. The summed E-state index contributed by atoms with van der Waals surface area (Å²) in [7, 11) is 0. The standard InChI is InChI=1S/C19H22N2O/c1-4-5-11-21(16-9-7-6-8-10-16)18-13-17-19(12-14(18)2)22-15(3)20-17/h6-10,12-13H,4-5,11H2,1-3H3. The van der Waals surface area contributed by atoms with Gasteiger partial charge in [0, 0.05) is 24.8 Å². The second-order valence-electron chi connectivity index (χ2n) is 5.68. The van der Waals surface area contributed by atoms with Gasteiger partial charge in [0.15, 0.2) is 11.5 Å². The smallest absolute Gasteiger partial charge is 0.192 e. The molecule has 0 aliphatic rings. The van der Waals surface area contributed by atoms with Gasteiger partial charge in [-0.1, -0.05) is 31.5 Å². The lowest BCUT2D eigenvalue weighted by molar-refractivity contribution is 0.561. The SMILES string of the molecule is CCCCN(c1ccccc1)c1cc2nc(C)oc2cc1C. The highest BCUT2D eigenvalue weighted by atomic mass is 16.3. The highest BCUT2D eigenvalue weighted by Crippen LogP contribution is 2.32. The summed E-state index contributed by atoms with van der Waals surface area (Å²) in [5.74, 6) is 0.714. The molecule has 22 heavy (non-hydrogen) atoms. The van der Waals surface area contributed by atoms with Crippen LogP contribution in [0.5, 0.6) is 0 Å². The molecule has 0 saturated heterocycles. The molecule has 0 N–H and O–H groups in total. The van der Waals surface area contributed by atoms with Crippen molar-refractivity contribution < 1.29 is 4.42 Å². The van der Waals surface area contributed by atoms with Crippen LogP contribution in [0.1, 0.15) is 31.2 Å². The molecule has 0 atom stereocenters. The number of anilines is 2. The Kier molecular flexibility index (Phi) is 4.14. The molecule has 3 heteroatoms. The lowest BCUT2D eigenvalue weighted by Crippen LogP contribution is -2.19. The normalized spacial score (nSPS) is 11.0. The molecular formula is C19H22N2O. The Labute approximate surface area is 131 Å². The molecule has 0 unspecified atom stereocenters. The third-order valence-electron chi connectivity index (χ3n) is 3.91. The first kappa shape index (κ1) is 14.6. The van der Waals surface area contributed by atoms with Crippen LogP contribution in [0, 0.1) is 13.8 Å². The van der Waals surface area contributed by atoms with Crippen LogP contribution in [-0.4, -0.2) is 11.5 Å². The van der Waals surface area contributed by atoms with E-state index in [2.05, 4.69) is 66.2 Å². The van der Waals surface area contributed by atoms with E-state index >= 15 is 0 Å². The van der Waals surface area contributed by atoms with E-state index in [0.717, 1.165) is 24.1 Å². The Morgan fingerprint density at radius 1 is 1.09 bits per heavy atom. The van der Waals surface area contributed by atoms with Crippen LogP contribution in [-0.2, 0) is 0 Å². The van der Waals surface area contributed by atoms with Crippen molar-refractivity contribution in [1.82, 2.24) is 4.98 Å². The third kappa shape index (κ3) is 2.84. The van der Waals surface area contributed by atoms with Gasteiger partial charge in [0.05, 0.1) is 0 Å². The molecule has 3 rings (SSSR count). The van der Waals surface area contributed by atoms with Gasteiger partial charge in [-0.3, -0.25) is 0 Å². The average molecular weight is 294 g/mol. The van der Waals surface area contributed by atoms with Crippen molar-refractivity contribution >= 4 is 22.5 Å². The molecule has 0 aliphatic carbocycles. The number of oxazole rings is 1. The van der Waals surface area contributed by atoms with Crippen LogP contribution in [0.4, 0.5) is 11.4 Å². The Morgan fingerprint density at radius 2 is 1.86 bits per heavy atom. The first-order chi connectivity index (χ1) is 10.7. The highest BCUT2D eigenvalue weighted by Gasteiger charge is 2.14. The monoisotopic (exact) mass is 294 g/mol. The summed E-state index contributed by atoms with van der Waals surface area (Å²) in [4.78, 5) is 6.86. The van der Waals surface area contributed by atoms with E-state index in [4.69, 9.17) is 4.42 Å². The number of aromatic nitrogens is 1. The fourth-order valence-electron chi connectivity index (χ4n) is 2.78. The minimum Gasteiger partial charge on any atom is -0.441 e. The van der Waals surface area contributed by atoms with Crippen LogP contribution in [0.2, 0.25) is 0 Å². The Morgan fingerprint density at radius 3 is 2.59 bits per heavy atom. The quantitative estimate of drug-likeness (QED) is 0.632. The van der Waals surface area contributed by atoms with Gasteiger partial charge in [-0.2, -0.15) is 0 Å². The molecule has 1 aromatic heterocycles. The van der Waals surface area contributed by atoms with Crippen LogP contribution in [0.25, 0.3) is 11.1 Å². The zero-order valence-electron chi connectivity index (χ0n) is 13.5. The van der Waals surface area contributed by atoms with E-state index in [1.165, 1.54) is 23.4 Å². The highest BCUT2D eigenvalue weighted by molar-refractivity contribution is 5.82. The number of hydrogen-bond donors (Lipinski definition) is 0.